The zero-order valence-electron chi connectivity index (χ0n) is 15.7. The molecule has 0 bridgehead atoms. The van der Waals surface area contributed by atoms with Crippen LogP contribution in [-0.4, -0.2) is 34.9 Å². The Bertz CT molecular complexity index is 839. The molecule has 0 aromatic heterocycles. The van der Waals surface area contributed by atoms with E-state index in [1.807, 2.05) is 19.2 Å². The van der Waals surface area contributed by atoms with Crippen molar-refractivity contribution in [3.8, 4) is 0 Å². The number of non-ortho nitro benzene ring substituents is 1. The van der Waals surface area contributed by atoms with E-state index in [4.69, 9.17) is 4.74 Å². The van der Waals surface area contributed by atoms with Gasteiger partial charge in [-0.25, -0.2) is 4.79 Å². The van der Waals surface area contributed by atoms with Crippen molar-refractivity contribution in [1.29, 1.82) is 0 Å². The van der Waals surface area contributed by atoms with Crippen LogP contribution in [0.2, 0.25) is 0 Å². The van der Waals surface area contributed by atoms with Crippen LogP contribution in [0.4, 0.5) is 5.69 Å². The van der Waals surface area contributed by atoms with E-state index in [2.05, 4.69) is 5.32 Å². The van der Waals surface area contributed by atoms with Crippen LogP contribution in [0.3, 0.4) is 0 Å². The Balaban J connectivity index is 1.99. The minimum Gasteiger partial charge on any atom is -0.459 e. The number of carbonyl (C=O) groups excluding carboxylic acids is 2. The van der Waals surface area contributed by atoms with E-state index in [9.17, 15) is 19.7 Å². The smallest absolute Gasteiger partial charge is 0.329 e. The fourth-order valence-corrected chi connectivity index (χ4v) is 2.95. The second kappa shape index (κ2) is 10.5. The summed E-state index contributed by atoms with van der Waals surface area (Å²) in [5.41, 5.74) is 2.04. The lowest BCUT2D eigenvalue weighted by Crippen LogP contribution is -2.42. The molecule has 1 amide bonds. The lowest BCUT2D eigenvalue weighted by Gasteiger charge is -2.17. The monoisotopic (exact) mass is 402 g/mol. The Morgan fingerprint density at radius 1 is 1.21 bits per heavy atom. The van der Waals surface area contributed by atoms with E-state index in [-0.39, 0.29) is 18.2 Å². The summed E-state index contributed by atoms with van der Waals surface area (Å²) in [6, 6.07) is 12.1. The van der Waals surface area contributed by atoms with Gasteiger partial charge in [-0.3, -0.25) is 14.9 Å². The van der Waals surface area contributed by atoms with Crippen molar-refractivity contribution in [2.45, 2.75) is 26.0 Å². The van der Waals surface area contributed by atoms with Crippen LogP contribution in [-0.2, 0) is 16.1 Å². The Kier molecular flexibility index (Phi) is 8.01. The van der Waals surface area contributed by atoms with E-state index in [1.54, 1.807) is 30.0 Å². The molecule has 0 radical (unpaired) electrons. The van der Waals surface area contributed by atoms with Gasteiger partial charge in [-0.1, -0.05) is 17.7 Å². The Morgan fingerprint density at radius 3 is 2.54 bits per heavy atom. The number of nitrogens with one attached hydrogen (secondary N) is 1. The number of nitro groups is 1. The number of nitrogens with zero attached hydrogens (tertiary/aromatic N) is 1. The first-order valence-electron chi connectivity index (χ1n) is 8.67. The van der Waals surface area contributed by atoms with Crippen LogP contribution in [0.25, 0.3) is 0 Å². The molecule has 8 heteroatoms. The summed E-state index contributed by atoms with van der Waals surface area (Å²) in [7, 11) is 0. The van der Waals surface area contributed by atoms with E-state index in [0.29, 0.717) is 23.3 Å². The molecule has 148 valence electrons. The van der Waals surface area contributed by atoms with Crippen molar-refractivity contribution in [2.75, 3.05) is 12.0 Å². The average Bonchev–Trinajstić information content (AvgIpc) is 2.69. The highest BCUT2D eigenvalue weighted by atomic mass is 32.2. The van der Waals surface area contributed by atoms with Crippen LogP contribution in [0.1, 0.15) is 27.9 Å². The number of hydrogen-bond acceptors (Lipinski definition) is 6. The minimum absolute atomic E-state index is 0.0209. The molecule has 0 aliphatic carbocycles. The summed E-state index contributed by atoms with van der Waals surface area (Å²) in [5.74, 6) is -0.179. The van der Waals surface area contributed by atoms with Gasteiger partial charge in [-0.05, 0) is 55.2 Å². The maximum Gasteiger partial charge on any atom is 0.329 e. The van der Waals surface area contributed by atoms with Gasteiger partial charge in [0.2, 0.25) is 0 Å². The standard InChI is InChI=1S/C20H22N2O5S/c1-14-4-3-5-16(12-14)19(23)21-18(10-11-28-2)20(24)27-13-15-6-8-17(9-7-15)22(25)26/h3-9,12,18H,10-11,13H2,1-2H3,(H,21,23). The number of nitro benzene ring substituents is 1. The lowest BCUT2D eigenvalue weighted by atomic mass is 10.1. The maximum absolute atomic E-state index is 12.5. The summed E-state index contributed by atoms with van der Waals surface area (Å²) < 4.78 is 5.32. The van der Waals surface area contributed by atoms with Crippen molar-refractivity contribution in [1.82, 2.24) is 5.32 Å². The second-order valence-corrected chi connectivity index (χ2v) is 7.19. The molecule has 2 aromatic rings. The van der Waals surface area contributed by atoms with Gasteiger partial charge >= 0.3 is 5.97 Å². The topological polar surface area (TPSA) is 98.5 Å². The number of benzene rings is 2. The number of amides is 1. The Hall–Kier alpha value is -2.87. The zero-order valence-corrected chi connectivity index (χ0v) is 16.5. The summed E-state index contributed by atoms with van der Waals surface area (Å²) >= 11 is 1.57. The SMILES string of the molecule is CSCCC(NC(=O)c1cccc(C)c1)C(=O)OCc1ccc([N+](=O)[O-])cc1. The van der Waals surface area contributed by atoms with Crippen LogP contribution in [0.15, 0.2) is 48.5 Å². The highest BCUT2D eigenvalue weighted by Gasteiger charge is 2.23. The Morgan fingerprint density at radius 2 is 1.93 bits per heavy atom. The molecule has 0 saturated heterocycles. The van der Waals surface area contributed by atoms with E-state index in [1.165, 1.54) is 24.3 Å². The molecule has 1 atom stereocenters. The number of hydrogen-bond donors (Lipinski definition) is 1. The molecule has 1 unspecified atom stereocenters. The molecule has 0 spiro atoms. The van der Waals surface area contributed by atoms with Gasteiger partial charge in [0.1, 0.15) is 12.6 Å². The van der Waals surface area contributed by atoms with Gasteiger partial charge in [-0.15, -0.1) is 0 Å². The summed E-state index contributed by atoms with van der Waals surface area (Å²) in [5, 5.41) is 13.4. The fourth-order valence-electron chi connectivity index (χ4n) is 2.48. The third kappa shape index (κ3) is 6.38. The van der Waals surface area contributed by atoms with Crippen molar-refractivity contribution in [3.63, 3.8) is 0 Å². The highest BCUT2D eigenvalue weighted by molar-refractivity contribution is 7.98. The van der Waals surface area contributed by atoms with Crippen molar-refractivity contribution < 1.29 is 19.2 Å². The molecule has 7 nitrogen and oxygen atoms in total. The van der Waals surface area contributed by atoms with Crippen LogP contribution >= 0.6 is 11.8 Å². The number of ether oxygens (including phenoxy) is 1. The number of thioether (sulfide) groups is 1. The molecule has 2 aromatic carbocycles. The van der Waals surface area contributed by atoms with Crippen molar-refractivity contribution >= 4 is 29.3 Å². The molecule has 0 aliphatic rings. The third-order valence-electron chi connectivity index (χ3n) is 4.01. The predicted octanol–water partition coefficient (Wildman–Crippen LogP) is 3.50. The van der Waals surface area contributed by atoms with Crippen LogP contribution < -0.4 is 5.32 Å². The Labute approximate surface area is 167 Å². The summed E-state index contributed by atoms with van der Waals surface area (Å²) in [6.07, 6.45) is 2.36. The number of esters is 1. The van der Waals surface area contributed by atoms with E-state index < -0.39 is 16.9 Å². The molecule has 28 heavy (non-hydrogen) atoms. The molecule has 0 saturated carbocycles. The summed E-state index contributed by atoms with van der Waals surface area (Å²) in [6.45, 7) is 1.87. The molecular weight excluding hydrogens is 380 g/mol. The fraction of sp³-hybridized carbons (Fsp3) is 0.300. The van der Waals surface area contributed by atoms with Gasteiger partial charge in [0.15, 0.2) is 0 Å². The summed E-state index contributed by atoms with van der Waals surface area (Å²) in [4.78, 5) is 35.1. The number of rotatable bonds is 9. The van der Waals surface area contributed by atoms with Crippen LogP contribution in [0, 0.1) is 17.0 Å². The predicted molar refractivity (Wildman–Crippen MR) is 108 cm³/mol. The zero-order chi connectivity index (χ0) is 20.5. The third-order valence-corrected chi connectivity index (χ3v) is 4.65. The molecule has 0 fully saturated rings. The first-order chi connectivity index (χ1) is 13.4. The number of carbonyl (C=O) groups is 2. The van der Waals surface area contributed by atoms with E-state index >= 15 is 0 Å². The maximum atomic E-state index is 12.5. The van der Waals surface area contributed by atoms with Gasteiger partial charge in [0.25, 0.3) is 11.6 Å². The largest absolute Gasteiger partial charge is 0.459 e. The highest BCUT2D eigenvalue weighted by Crippen LogP contribution is 2.13. The average molecular weight is 402 g/mol. The number of aryl methyl sites for hydroxylation is 1. The molecule has 1 N–H and O–H groups in total. The molecule has 0 aliphatic heterocycles. The quantitative estimate of drug-likeness (QED) is 0.392. The van der Waals surface area contributed by atoms with Crippen molar-refractivity contribution in [2.24, 2.45) is 0 Å². The van der Waals surface area contributed by atoms with Gasteiger partial charge in [-0.2, -0.15) is 11.8 Å². The molecule has 0 heterocycles. The van der Waals surface area contributed by atoms with Gasteiger partial charge < -0.3 is 10.1 Å². The lowest BCUT2D eigenvalue weighted by molar-refractivity contribution is -0.384. The normalized spacial score (nSPS) is 11.5. The van der Waals surface area contributed by atoms with Gasteiger partial charge in [0.05, 0.1) is 4.92 Å². The second-order valence-electron chi connectivity index (χ2n) is 6.21. The first kappa shape index (κ1) is 21.4. The molecule has 2 rings (SSSR count). The minimum atomic E-state index is -0.765. The van der Waals surface area contributed by atoms with Crippen molar-refractivity contribution in [3.05, 3.63) is 75.3 Å². The van der Waals surface area contributed by atoms with Crippen LogP contribution in [0.5, 0.6) is 0 Å². The molecular formula is C20H22N2O5S. The van der Waals surface area contributed by atoms with Gasteiger partial charge in [0, 0.05) is 17.7 Å². The van der Waals surface area contributed by atoms with E-state index in [0.717, 1.165) is 5.56 Å². The first-order valence-corrected chi connectivity index (χ1v) is 10.1.